The summed E-state index contributed by atoms with van der Waals surface area (Å²) in [5.41, 5.74) is 1.24. The number of carbonyl (C=O) groups is 2. The fourth-order valence-electron chi connectivity index (χ4n) is 3.98. The molecule has 0 spiro atoms. The first-order chi connectivity index (χ1) is 10.7. The summed E-state index contributed by atoms with van der Waals surface area (Å²) < 4.78 is 4.94. The number of benzene rings is 1. The molecule has 2 aliphatic carbocycles. The van der Waals surface area contributed by atoms with Crippen molar-refractivity contribution in [3.8, 4) is 0 Å². The van der Waals surface area contributed by atoms with Crippen LogP contribution in [0.2, 0.25) is 0 Å². The lowest BCUT2D eigenvalue weighted by Gasteiger charge is -2.20. The van der Waals surface area contributed by atoms with E-state index in [1.807, 2.05) is 0 Å². The van der Waals surface area contributed by atoms with Crippen molar-refractivity contribution in [1.82, 2.24) is 0 Å². The molecule has 3 rings (SSSR count). The van der Waals surface area contributed by atoms with Crippen molar-refractivity contribution in [1.29, 1.82) is 0 Å². The third-order valence-electron chi connectivity index (χ3n) is 5.01. The molecule has 4 nitrogen and oxygen atoms in total. The van der Waals surface area contributed by atoms with E-state index in [1.165, 1.54) is 25.7 Å². The molecule has 0 aliphatic heterocycles. The zero-order chi connectivity index (χ0) is 15.5. The second kappa shape index (κ2) is 6.51. The van der Waals surface area contributed by atoms with Crippen LogP contribution < -0.4 is 5.32 Å². The summed E-state index contributed by atoms with van der Waals surface area (Å²) in [4.78, 5) is 23.7. The standard InChI is InChI=1S/C18H23NO3/c1-2-22-18(21)13-5-7-16(8-6-13)19-17(20)11-15-10-12-3-4-14(15)9-12/h5-8,12,14-15H,2-4,9-11H2,1H3,(H,19,20)/t12-,14-,15-/m1/s1. The lowest BCUT2D eigenvalue weighted by atomic mass is 9.86. The fourth-order valence-corrected chi connectivity index (χ4v) is 3.98. The molecule has 0 aromatic heterocycles. The number of fused-ring (bicyclic) bond motifs is 2. The second-order valence-electron chi connectivity index (χ2n) is 6.49. The van der Waals surface area contributed by atoms with E-state index in [4.69, 9.17) is 4.74 Å². The number of carbonyl (C=O) groups excluding carboxylic acids is 2. The lowest BCUT2D eigenvalue weighted by molar-refractivity contribution is -0.117. The molecular formula is C18H23NO3. The van der Waals surface area contributed by atoms with Crippen molar-refractivity contribution in [3.63, 3.8) is 0 Å². The molecule has 2 bridgehead atoms. The quantitative estimate of drug-likeness (QED) is 0.845. The normalized spacial score (nSPS) is 26.0. The van der Waals surface area contributed by atoms with Gasteiger partial charge in [-0.05, 0) is 68.2 Å². The molecule has 3 atom stereocenters. The van der Waals surface area contributed by atoms with Crippen molar-refractivity contribution in [2.24, 2.45) is 17.8 Å². The van der Waals surface area contributed by atoms with Gasteiger partial charge in [0.15, 0.2) is 0 Å². The summed E-state index contributed by atoms with van der Waals surface area (Å²) in [5.74, 6) is 1.95. The predicted molar refractivity (Wildman–Crippen MR) is 84.6 cm³/mol. The second-order valence-corrected chi connectivity index (χ2v) is 6.49. The van der Waals surface area contributed by atoms with Crippen LogP contribution in [0.15, 0.2) is 24.3 Å². The average molecular weight is 301 g/mol. The van der Waals surface area contributed by atoms with Crippen LogP contribution in [0.3, 0.4) is 0 Å². The summed E-state index contributed by atoms with van der Waals surface area (Å²) >= 11 is 0. The van der Waals surface area contributed by atoms with Gasteiger partial charge in [0.1, 0.15) is 0 Å². The van der Waals surface area contributed by atoms with Crippen molar-refractivity contribution in [3.05, 3.63) is 29.8 Å². The van der Waals surface area contributed by atoms with E-state index >= 15 is 0 Å². The van der Waals surface area contributed by atoms with Crippen molar-refractivity contribution < 1.29 is 14.3 Å². The Balaban J connectivity index is 1.52. The van der Waals surface area contributed by atoms with E-state index in [-0.39, 0.29) is 11.9 Å². The first kappa shape index (κ1) is 15.1. The Kier molecular flexibility index (Phi) is 4.46. The molecule has 4 heteroatoms. The Morgan fingerprint density at radius 1 is 1.18 bits per heavy atom. The Bertz CT molecular complexity index is 552. The summed E-state index contributed by atoms with van der Waals surface area (Å²) in [7, 11) is 0. The number of anilines is 1. The number of esters is 1. The van der Waals surface area contributed by atoms with Crippen LogP contribution in [-0.2, 0) is 9.53 Å². The van der Waals surface area contributed by atoms with Gasteiger partial charge in [-0.25, -0.2) is 4.79 Å². The topological polar surface area (TPSA) is 55.4 Å². The molecule has 2 saturated carbocycles. The number of nitrogens with one attached hydrogen (secondary N) is 1. The molecule has 1 aromatic carbocycles. The summed E-state index contributed by atoms with van der Waals surface area (Å²) in [6, 6.07) is 6.88. The maximum atomic E-state index is 12.2. The minimum Gasteiger partial charge on any atom is -0.462 e. The Labute approximate surface area is 131 Å². The van der Waals surface area contributed by atoms with Crippen LogP contribution in [0.25, 0.3) is 0 Å². The van der Waals surface area contributed by atoms with Gasteiger partial charge in [0.05, 0.1) is 12.2 Å². The first-order valence-corrected chi connectivity index (χ1v) is 8.22. The number of hydrogen-bond donors (Lipinski definition) is 1. The Morgan fingerprint density at radius 2 is 1.95 bits per heavy atom. The van der Waals surface area contributed by atoms with Gasteiger partial charge >= 0.3 is 5.97 Å². The third-order valence-corrected chi connectivity index (χ3v) is 5.01. The van der Waals surface area contributed by atoms with E-state index in [2.05, 4.69) is 5.32 Å². The SMILES string of the molecule is CCOC(=O)c1ccc(NC(=O)C[C@H]2C[C@@H]3CC[C@@H]2C3)cc1. The van der Waals surface area contributed by atoms with E-state index in [0.29, 0.717) is 24.5 Å². The minimum absolute atomic E-state index is 0.0847. The van der Waals surface area contributed by atoms with E-state index in [1.54, 1.807) is 31.2 Å². The number of hydrogen-bond acceptors (Lipinski definition) is 3. The Hall–Kier alpha value is -1.84. The van der Waals surface area contributed by atoms with E-state index in [0.717, 1.165) is 17.5 Å². The molecule has 1 aromatic rings. The monoisotopic (exact) mass is 301 g/mol. The zero-order valence-electron chi connectivity index (χ0n) is 13.0. The molecule has 1 amide bonds. The third kappa shape index (κ3) is 3.32. The minimum atomic E-state index is -0.331. The molecule has 0 heterocycles. The fraction of sp³-hybridized carbons (Fsp3) is 0.556. The smallest absolute Gasteiger partial charge is 0.338 e. The summed E-state index contributed by atoms with van der Waals surface area (Å²) in [5, 5.41) is 2.94. The van der Waals surface area contributed by atoms with Gasteiger partial charge in [-0.1, -0.05) is 6.42 Å². The largest absolute Gasteiger partial charge is 0.462 e. The first-order valence-electron chi connectivity index (χ1n) is 8.22. The molecule has 2 fully saturated rings. The average Bonchev–Trinajstić information content (AvgIpc) is 3.10. The molecule has 118 valence electrons. The Morgan fingerprint density at radius 3 is 2.55 bits per heavy atom. The number of ether oxygens (including phenoxy) is 1. The van der Waals surface area contributed by atoms with Crippen molar-refractivity contribution >= 4 is 17.6 Å². The summed E-state index contributed by atoms with van der Waals surface area (Å²) in [6.45, 7) is 2.14. The lowest BCUT2D eigenvalue weighted by Crippen LogP contribution is -2.20. The van der Waals surface area contributed by atoms with Gasteiger partial charge in [-0.3, -0.25) is 4.79 Å². The summed E-state index contributed by atoms with van der Waals surface area (Å²) in [6.07, 6.45) is 5.84. The van der Waals surface area contributed by atoms with Gasteiger partial charge in [0.25, 0.3) is 0 Å². The highest BCUT2D eigenvalue weighted by Crippen LogP contribution is 2.49. The van der Waals surface area contributed by atoms with Crippen LogP contribution in [0, 0.1) is 17.8 Å². The maximum absolute atomic E-state index is 12.2. The molecule has 0 unspecified atom stereocenters. The molecule has 0 saturated heterocycles. The highest BCUT2D eigenvalue weighted by atomic mass is 16.5. The predicted octanol–water partition coefficient (Wildman–Crippen LogP) is 3.63. The highest BCUT2D eigenvalue weighted by molar-refractivity contribution is 5.93. The maximum Gasteiger partial charge on any atom is 0.338 e. The van der Waals surface area contributed by atoms with Gasteiger partial charge in [0.2, 0.25) is 5.91 Å². The van der Waals surface area contributed by atoms with Crippen LogP contribution in [0.1, 0.15) is 49.4 Å². The van der Waals surface area contributed by atoms with Gasteiger partial charge < -0.3 is 10.1 Å². The zero-order valence-corrected chi connectivity index (χ0v) is 13.0. The van der Waals surface area contributed by atoms with Crippen molar-refractivity contribution in [2.45, 2.75) is 39.0 Å². The molecule has 22 heavy (non-hydrogen) atoms. The van der Waals surface area contributed by atoms with Crippen molar-refractivity contribution in [2.75, 3.05) is 11.9 Å². The van der Waals surface area contributed by atoms with Crippen LogP contribution >= 0.6 is 0 Å². The molecule has 1 N–H and O–H groups in total. The molecule has 2 aliphatic rings. The van der Waals surface area contributed by atoms with Gasteiger partial charge in [-0.15, -0.1) is 0 Å². The number of rotatable bonds is 5. The van der Waals surface area contributed by atoms with Gasteiger partial charge in [0, 0.05) is 12.1 Å². The van der Waals surface area contributed by atoms with E-state index in [9.17, 15) is 9.59 Å². The molecular weight excluding hydrogens is 278 g/mol. The van der Waals surface area contributed by atoms with Crippen LogP contribution in [-0.4, -0.2) is 18.5 Å². The highest BCUT2D eigenvalue weighted by Gasteiger charge is 2.40. The molecule has 0 radical (unpaired) electrons. The van der Waals surface area contributed by atoms with Crippen LogP contribution in [0.4, 0.5) is 5.69 Å². The van der Waals surface area contributed by atoms with E-state index < -0.39 is 0 Å². The number of amides is 1. The van der Waals surface area contributed by atoms with Crippen LogP contribution in [0.5, 0.6) is 0 Å². The van der Waals surface area contributed by atoms with Gasteiger partial charge in [-0.2, -0.15) is 0 Å².